The van der Waals surface area contributed by atoms with Gasteiger partial charge >= 0.3 is 5.97 Å². The van der Waals surface area contributed by atoms with Crippen LogP contribution in [0.2, 0.25) is 0 Å². The number of hydrogen-bond donors (Lipinski definition) is 3. The molecule has 0 spiro atoms. The van der Waals surface area contributed by atoms with Crippen LogP contribution < -0.4 is 14.2 Å². The number of aliphatic hydroxyl groups is 1. The zero-order valence-corrected chi connectivity index (χ0v) is 14.9. The Morgan fingerprint density at radius 3 is 2.46 bits per heavy atom. The van der Waals surface area contributed by atoms with Crippen molar-refractivity contribution in [3.63, 3.8) is 0 Å². The van der Waals surface area contributed by atoms with E-state index in [1.54, 1.807) is 18.2 Å². The van der Waals surface area contributed by atoms with E-state index in [1.807, 2.05) is 0 Å². The average molecular weight is 386 g/mol. The quantitative estimate of drug-likeness (QED) is 0.529. The van der Waals surface area contributed by atoms with Gasteiger partial charge in [-0.15, -0.1) is 0 Å². The van der Waals surface area contributed by atoms with E-state index in [-0.39, 0.29) is 30.6 Å². The maximum Gasteiger partial charge on any atom is 0.310 e. The lowest BCUT2D eigenvalue weighted by atomic mass is 9.66. The van der Waals surface area contributed by atoms with Crippen LogP contribution in [0.1, 0.15) is 28.7 Å². The number of aliphatic hydroxyl groups excluding tert-OH is 1. The van der Waals surface area contributed by atoms with E-state index in [4.69, 9.17) is 18.9 Å². The van der Waals surface area contributed by atoms with E-state index in [9.17, 15) is 20.1 Å². The molecule has 2 aromatic rings. The van der Waals surface area contributed by atoms with E-state index < -0.39 is 29.8 Å². The Bertz CT molecular complexity index is 985. The van der Waals surface area contributed by atoms with E-state index in [0.717, 1.165) is 0 Å². The standard InChI is InChI=1S/C20H18O8/c1-25-15-3-8(2-12(21)19(15)23)16-9-4-13-14(28-7-27-13)5-10(9)18(22)11-6-26-20(24)17(11)16/h2-5,11,16-18,21-23H,6-7H2,1H3/t11-,16+,17-,18?/m0/s1. The fourth-order valence-electron chi connectivity index (χ4n) is 4.48. The molecule has 0 saturated carbocycles. The molecule has 0 aromatic heterocycles. The molecule has 0 bridgehead atoms. The fourth-order valence-corrected chi connectivity index (χ4v) is 4.48. The van der Waals surface area contributed by atoms with Crippen LogP contribution >= 0.6 is 0 Å². The van der Waals surface area contributed by atoms with Crippen LogP contribution in [0.5, 0.6) is 28.7 Å². The summed E-state index contributed by atoms with van der Waals surface area (Å²) >= 11 is 0. The predicted molar refractivity (Wildman–Crippen MR) is 93.6 cm³/mol. The monoisotopic (exact) mass is 386 g/mol. The number of methoxy groups -OCH3 is 1. The third-order valence-electron chi connectivity index (χ3n) is 5.80. The van der Waals surface area contributed by atoms with Crippen LogP contribution in [0.25, 0.3) is 0 Å². The first-order chi connectivity index (χ1) is 13.5. The molecule has 0 amide bonds. The number of carbonyl (C=O) groups excluding carboxylic acids is 1. The van der Waals surface area contributed by atoms with Gasteiger partial charge in [0, 0.05) is 11.8 Å². The third kappa shape index (κ3) is 2.24. The van der Waals surface area contributed by atoms with E-state index >= 15 is 0 Å². The number of carbonyl (C=O) groups is 1. The lowest BCUT2D eigenvalue weighted by molar-refractivity contribution is -0.141. The maximum atomic E-state index is 12.6. The number of hydrogen-bond acceptors (Lipinski definition) is 8. The van der Waals surface area contributed by atoms with Crippen LogP contribution in [-0.4, -0.2) is 41.8 Å². The smallest absolute Gasteiger partial charge is 0.310 e. The van der Waals surface area contributed by atoms with Gasteiger partial charge in [0.2, 0.25) is 12.5 Å². The largest absolute Gasteiger partial charge is 0.504 e. The van der Waals surface area contributed by atoms with Crippen molar-refractivity contribution in [2.45, 2.75) is 12.0 Å². The molecule has 5 rings (SSSR count). The summed E-state index contributed by atoms with van der Waals surface area (Å²) in [5, 5.41) is 31.0. The number of benzene rings is 2. The van der Waals surface area contributed by atoms with Crippen molar-refractivity contribution in [3.8, 4) is 28.7 Å². The molecule has 3 N–H and O–H groups in total. The zero-order chi connectivity index (χ0) is 19.6. The Morgan fingerprint density at radius 2 is 1.75 bits per heavy atom. The Labute approximate surface area is 159 Å². The van der Waals surface area contributed by atoms with Crippen molar-refractivity contribution < 1.29 is 39.1 Å². The first-order valence-corrected chi connectivity index (χ1v) is 8.87. The van der Waals surface area contributed by atoms with Gasteiger partial charge in [0.15, 0.2) is 23.0 Å². The fraction of sp³-hybridized carbons (Fsp3) is 0.350. The second-order valence-corrected chi connectivity index (χ2v) is 7.17. The highest BCUT2D eigenvalue weighted by Gasteiger charge is 2.52. The first kappa shape index (κ1) is 17.0. The molecule has 1 aliphatic carbocycles. The molecule has 2 heterocycles. The lowest BCUT2D eigenvalue weighted by Gasteiger charge is -2.36. The Balaban J connectivity index is 1.75. The molecule has 1 unspecified atom stereocenters. The van der Waals surface area contributed by atoms with Gasteiger partial charge in [-0.05, 0) is 41.0 Å². The molecular formula is C20H18O8. The summed E-state index contributed by atoms with van der Waals surface area (Å²) in [7, 11) is 1.38. The van der Waals surface area contributed by atoms with Gasteiger partial charge in [-0.3, -0.25) is 4.79 Å². The van der Waals surface area contributed by atoms with Crippen molar-refractivity contribution in [1.29, 1.82) is 0 Å². The van der Waals surface area contributed by atoms with Crippen molar-refractivity contribution in [1.82, 2.24) is 0 Å². The van der Waals surface area contributed by atoms with Crippen molar-refractivity contribution in [2.75, 3.05) is 20.5 Å². The number of phenolic OH excluding ortho intramolecular Hbond substituents is 2. The van der Waals surface area contributed by atoms with Gasteiger partial charge in [0.1, 0.15) is 0 Å². The van der Waals surface area contributed by atoms with Crippen LogP contribution in [-0.2, 0) is 9.53 Å². The van der Waals surface area contributed by atoms with Gasteiger partial charge in [-0.1, -0.05) is 0 Å². The number of esters is 1. The number of fused-ring (bicyclic) bond motifs is 3. The van der Waals surface area contributed by atoms with E-state index in [0.29, 0.717) is 28.2 Å². The topological polar surface area (TPSA) is 115 Å². The molecule has 8 heteroatoms. The third-order valence-corrected chi connectivity index (χ3v) is 5.80. The summed E-state index contributed by atoms with van der Waals surface area (Å²) < 4.78 is 21.3. The van der Waals surface area contributed by atoms with Gasteiger partial charge in [-0.2, -0.15) is 0 Å². The first-order valence-electron chi connectivity index (χ1n) is 8.87. The Hall–Kier alpha value is -3.13. The van der Waals surface area contributed by atoms with Gasteiger partial charge in [0.25, 0.3) is 0 Å². The number of aromatic hydroxyl groups is 2. The molecule has 2 aromatic carbocycles. The van der Waals surface area contributed by atoms with Crippen molar-refractivity contribution in [2.24, 2.45) is 11.8 Å². The second kappa shape index (κ2) is 5.93. The number of phenols is 2. The molecule has 8 nitrogen and oxygen atoms in total. The minimum absolute atomic E-state index is 0.0850. The summed E-state index contributed by atoms with van der Waals surface area (Å²) in [6.45, 7) is 0.192. The molecule has 1 saturated heterocycles. The molecule has 3 aliphatic rings. The van der Waals surface area contributed by atoms with Crippen LogP contribution in [0.4, 0.5) is 0 Å². The maximum absolute atomic E-state index is 12.6. The highest BCUT2D eigenvalue weighted by molar-refractivity contribution is 5.79. The second-order valence-electron chi connectivity index (χ2n) is 7.17. The number of rotatable bonds is 2. The number of ether oxygens (including phenoxy) is 4. The molecule has 2 aliphatic heterocycles. The number of cyclic esters (lactones) is 1. The summed E-state index contributed by atoms with van der Waals surface area (Å²) in [6, 6.07) is 6.46. The average Bonchev–Trinajstić information content (AvgIpc) is 3.30. The zero-order valence-electron chi connectivity index (χ0n) is 14.9. The van der Waals surface area contributed by atoms with Gasteiger partial charge in [0.05, 0.1) is 25.7 Å². The van der Waals surface area contributed by atoms with E-state index in [2.05, 4.69) is 0 Å². The normalized spacial score (nSPS) is 27.1. The molecule has 0 radical (unpaired) electrons. The minimum atomic E-state index is -0.898. The molecular weight excluding hydrogens is 368 g/mol. The summed E-state index contributed by atoms with van der Waals surface area (Å²) in [6.07, 6.45) is -0.898. The summed E-state index contributed by atoms with van der Waals surface area (Å²) in [5.74, 6) is -1.60. The van der Waals surface area contributed by atoms with Crippen LogP contribution in [0.3, 0.4) is 0 Å². The summed E-state index contributed by atoms with van der Waals surface area (Å²) in [4.78, 5) is 12.6. The van der Waals surface area contributed by atoms with Crippen LogP contribution in [0, 0.1) is 11.8 Å². The van der Waals surface area contributed by atoms with Gasteiger partial charge in [-0.25, -0.2) is 0 Å². The Kier molecular flexibility index (Phi) is 3.60. The molecule has 28 heavy (non-hydrogen) atoms. The van der Waals surface area contributed by atoms with Crippen LogP contribution in [0.15, 0.2) is 24.3 Å². The van der Waals surface area contributed by atoms with E-state index in [1.165, 1.54) is 13.2 Å². The minimum Gasteiger partial charge on any atom is -0.504 e. The van der Waals surface area contributed by atoms with Crippen molar-refractivity contribution >= 4 is 5.97 Å². The SMILES string of the molecule is COc1cc([C@@H]2c3cc4c(cc3C(O)[C@H]3COC(=O)[C@H]23)OCO4)cc(O)c1O. The van der Waals surface area contributed by atoms with Gasteiger partial charge < -0.3 is 34.3 Å². The lowest BCUT2D eigenvalue weighted by Crippen LogP contribution is -2.34. The molecule has 4 atom stereocenters. The highest BCUT2D eigenvalue weighted by Crippen LogP contribution is 2.55. The Morgan fingerprint density at radius 1 is 1.04 bits per heavy atom. The molecule has 146 valence electrons. The molecule has 1 fully saturated rings. The highest BCUT2D eigenvalue weighted by atomic mass is 16.7. The predicted octanol–water partition coefficient (Wildman–Crippen LogP) is 1.80. The van der Waals surface area contributed by atoms with Crippen molar-refractivity contribution in [3.05, 3.63) is 41.0 Å². The summed E-state index contributed by atoms with van der Waals surface area (Å²) in [5.41, 5.74) is 1.87.